The molecule has 0 fully saturated rings. The molecule has 0 heterocycles. The molecule has 0 atom stereocenters. The van der Waals surface area contributed by atoms with Crippen molar-refractivity contribution in [2.24, 2.45) is 0 Å². The van der Waals surface area contributed by atoms with E-state index in [4.69, 9.17) is 4.74 Å². The highest BCUT2D eigenvalue weighted by Crippen LogP contribution is 2.33. The smallest absolute Gasteiger partial charge is 0.387 e. The summed E-state index contributed by atoms with van der Waals surface area (Å²) in [6, 6.07) is 11.7. The van der Waals surface area contributed by atoms with Crippen LogP contribution in [-0.4, -0.2) is 37.5 Å². The third-order valence-corrected chi connectivity index (χ3v) is 4.07. The Labute approximate surface area is 167 Å². The van der Waals surface area contributed by atoms with Crippen molar-refractivity contribution in [2.45, 2.75) is 20.1 Å². The first-order valence-electron chi connectivity index (χ1n) is 8.72. The number of carbonyl (C=O) groups is 2. The van der Waals surface area contributed by atoms with Gasteiger partial charge in [-0.25, -0.2) is 0 Å². The molecule has 2 rings (SSSR count). The zero-order valence-electron chi connectivity index (χ0n) is 16.3. The lowest BCUT2D eigenvalue weighted by molar-refractivity contribution is -0.128. The molecule has 0 unspecified atom stereocenters. The number of anilines is 1. The molecule has 0 aliphatic heterocycles. The van der Waals surface area contributed by atoms with E-state index in [0.29, 0.717) is 12.2 Å². The summed E-state index contributed by atoms with van der Waals surface area (Å²) in [5.74, 6) is -0.590. The van der Waals surface area contributed by atoms with Gasteiger partial charge in [0.1, 0.15) is 0 Å². The molecule has 2 amide bonds. The Kier molecular flexibility index (Phi) is 7.70. The maximum Gasteiger partial charge on any atom is 0.387 e. The minimum absolute atomic E-state index is 0.101. The van der Waals surface area contributed by atoms with Gasteiger partial charge in [0.15, 0.2) is 11.5 Å². The number of hydrogen-bond donors (Lipinski definition) is 1. The molecule has 8 heteroatoms. The van der Waals surface area contributed by atoms with E-state index in [2.05, 4.69) is 10.1 Å². The van der Waals surface area contributed by atoms with Crippen LogP contribution in [0.4, 0.5) is 14.5 Å². The van der Waals surface area contributed by atoms with Crippen LogP contribution in [0.2, 0.25) is 0 Å². The van der Waals surface area contributed by atoms with Crippen molar-refractivity contribution < 1.29 is 27.8 Å². The second-order valence-corrected chi connectivity index (χ2v) is 6.11. The lowest BCUT2D eigenvalue weighted by Crippen LogP contribution is -2.24. The molecule has 29 heavy (non-hydrogen) atoms. The second kappa shape index (κ2) is 10.2. The van der Waals surface area contributed by atoms with E-state index < -0.39 is 12.5 Å². The van der Waals surface area contributed by atoms with Crippen LogP contribution >= 0.6 is 0 Å². The quantitative estimate of drug-likeness (QED) is 0.677. The van der Waals surface area contributed by atoms with Crippen LogP contribution in [0.5, 0.6) is 11.5 Å². The number of benzene rings is 2. The van der Waals surface area contributed by atoms with Crippen LogP contribution in [-0.2, 0) is 16.1 Å². The lowest BCUT2D eigenvalue weighted by Gasteiger charge is -2.17. The lowest BCUT2D eigenvalue weighted by atomic mass is 10.1. The molecule has 0 bridgehead atoms. The first-order chi connectivity index (χ1) is 13.8. The number of methoxy groups -OCH3 is 1. The summed E-state index contributed by atoms with van der Waals surface area (Å²) in [5.41, 5.74) is 1.57. The molecule has 0 aliphatic carbocycles. The summed E-state index contributed by atoms with van der Waals surface area (Å²) in [5, 5.41) is 2.73. The number of ether oxygens (including phenoxy) is 2. The normalized spacial score (nSPS) is 10.8. The van der Waals surface area contributed by atoms with Gasteiger partial charge < -0.3 is 19.7 Å². The standard InChI is InChI=1S/C21H22F2N2O4/c1-14(26)25(2)13-16-7-4-5-9-17(16)24-19(27)12-11-15-8-6-10-18(28-3)20(15)29-21(22)23/h4-12,21H,13H2,1-3H3,(H,24,27)/b12-11+. The molecule has 0 saturated heterocycles. The number of halogens is 2. The van der Waals surface area contributed by atoms with Gasteiger partial charge in [-0.2, -0.15) is 8.78 Å². The number of hydrogen-bond acceptors (Lipinski definition) is 4. The fourth-order valence-corrected chi connectivity index (χ4v) is 2.53. The van der Waals surface area contributed by atoms with Crippen LogP contribution in [0.15, 0.2) is 48.5 Å². The van der Waals surface area contributed by atoms with Gasteiger partial charge in [-0.3, -0.25) is 9.59 Å². The number of nitrogens with zero attached hydrogens (tertiary/aromatic N) is 1. The molecule has 2 aromatic carbocycles. The number of alkyl halides is 2. The molecule has 0 aromatic heterocycles. The number of carbonyl (C=O) groups excluding carboxylic acids is 2. The average Bonchev–Trinajstić information content (AvgIpc) is 2.68. The molecular formula is C21H22F2N2O4. The Morgan fingerprint density at radius 3 is 2.55 bits per heavy atom. The molecule has 0 saturated carbocycles. The van der Waals surface area contributed by atoms with E-state index in [1.807, 2.05) is 0 Å². The Bertz CT molecular complexity index is 900. The fraction of sp³-hybridized carbons (Fsp3) is 0.238. The van der Waals surface area contributed by atoms with E-state index in [0.717, 1.165) is 5.56 Å². The number of amides is 2. The molecular weight excluding hydrogens is 382 g/mol. The summed E-state index contributed by atoms with van der Waals surface area (Å²) in [6.45, 7) is -1.24. The van der Waals surface area contributed by atoms with Crippen molar-refractivity contribution in [3.8, 4) is 11.5 Å². The summed E-state index contributed by atoms with van der Waals surface area (Å²) >= 11 is 0. The molecule has 154 valence electrons. The zero-order valence-corrected chi connectivity index (χ0v) is 16.3. The molecule has 0 aliphatic rings. The number of nitrogens with one attached hydrogen (secondary N) is 1. The molecule has 6 nitrogen and oxygen atoms in total. The maximum absolute atomic E-state index is 12.7. The SMILES string of the molecule is COc1cccc(/C=C/C(=O)Nc2ccccc2CN(C)C(C)=O)c1OC(F)F. The highest BCUT2D eigenvalue weighted by atomic mass is 19.3. The Morgan fingerprint density at radius 2 is 1.90 bits per heavy atom. The summed E-state index contributed by atoms with van der Waals surface area (Å²) < 4.78 is 35.0. The van der Waals surface area contributed by atoms with Crippen molar-refractivity contribution in [1.82, 2.24) is 4.90 Å². The van der Waals surface area contributed by atoms with Gasteiger partial charge in [0.25, 0.3) is 0 Å². The second-order valence-electron chi connectivity index (χ2n) is 6.11. The van der Waals surface area contributed by atoms with Gasteiger partial charge in [0, 0.05) is 37.8 Å². The zero-order chi connectivity index (χ0) is 21.4. The predicted molar refractivity (Wildman–Crippen MR) is 106 cm³/mol. The van der Waals surface area contributed by atoms with E-state index >= 15 is 0 Å². The summed E-state index contributed by atoms with van der Waals surface area (Å²) in [6.07, 6.45) is 2.57. The first kappa shape index (κ1) is 21.9. The Hall–Kier alpha value is -3.42. The van der Waals surface area contributed by atoms with Crippen molar-refractivity contribution in [3.05, 3.63) is 59.7 Å². The Balaban J connectivity index is 2.18. The number of para-hydroxylation sites is 2. The third kappa shape index (κ3) is 6.31. The van der Waals surface area contributed by atoms with E-state index in [1.165, 1.54) is 43.2 Å². The van der Waals surface area contributed by atoms with Crippen molar-refractivity contribution in [2.75, 3.05) is 19.5 Å². The van der Waals surface area contributed by atoms with Crippen LogP contribution in [0.3, 0.4) is 0 Å². The van der Waals surface area contributed by atoms with Crippen molar-refractivity contribution >= 4 is 23.6 Å². The van der Waals surface area contributed by atoms with Gasteiger partial charge in [0.05, 0.1) is 7.11 Å². The van der Waals surface area contributed by atoms with Crippen LogP contribution in [0.1, 0.15) is 18.1 Å². The Morgan fingerprint density at radius 1 is 1.17 bits per heavy atom. The molecule has 2 aromatic rings. The van der Waals surface area contributed by atoms with Crippen molar-refractivity contribution in [3.63, 3.8) is 0 Å². The van der Waals surface area contributed by atoms with Crippen molar-refractivity contribution in [1.29, 1.82) is 0 Å². The summed E-state index contributed by atoms with van der Waals surface area (Å²) in [7, 11) is 3.00. The van der Waals surface area contributed by atoms with E-state index in [9.17, 15) is 18.4 Å². The monoisotopic (exact) mass is 404 g/mol. The minimum atomic E-state index is -3.03. The third-order valence-electron chi connectivity index (χ3n) is 4.07. The average molecular weight is 404 g/mol. The van der Waals surface area contributed by atoms with E-state index in [1.54, 1.807) is 37.4 Å². The molecule has 0 spiro atoms. The maximum atomic E-state index is 12.7. The molecule has 1 N–H and O–H groups in total. The van der Waals surface area contributed by atoms with Gasteiger partial charge in [0.2, 0.25) is 11.8 Å². The summed E-state index contributed by atoms with van der Waals surface area (Å²) in [4.78, 5) is 25.3. The first-order valence-corrected chi connectivity index (χ1v) is 8.72. The highest BCUT2D eigenvalue weighted by molar-refractivity contribution is 6.02. The molecule has 0 radical (unpaired) electrons. The van der Waals surface area contributed by atoms with E-state index in [-0.39, 0.29) is 23.0 Å². The van der Waals surface area contributed by atoms with Crippen LogP contribution in [0.25, 0.3) is 6.08 Å². The van der Waals surface area contributed by atoms with Gasteiger partial charge in [-0.1, -0.05) is 30.3 Å². The van der Waals surface area contributed by atoms with Crippen LogP contribution < -0.4 is 14.8 Å². The van der Waals surface area contributed by atoms with Gasteiger partial charge >= 0.3 is 6.61 Å². The fourth-order valence-electron chi connectivity index (χ4n) is 2.53. The van der Waals surface area contributed by atoms with Crippen LogP contribution in [0, 0.1) is 0 Å². The number of rotatable bonds is 8. The van der Waals surface area contributed by atoms with Gasteiger partial charge in [-0.15, -0.1) is 0 Å². The predicted octanol–water partition coefficient (Wildman–Crippen LogP) is 3.93. The topological polar surface area (TPSA) is 67.9 Å². The largest absolute Gasteiger partial charge is 0.493 e. The minimum Gasteiger partial charge on any atom is -0.493 e. The van der Waals surface area contributed by atoms with Gasteiger partial charge in [-0.05, 0) is 23.8 Å². The highest BCUT2D eigenvalue weighted by Gasteiger charge is 2.14.